The predicted octanol–water partition coefficient (Wildman–Crippen LogP) is 1.13. The Morgan fingerprint density at radius 2 is 2.43 bits per heavy atom. The lowest BCUT2D eigenvalue weighted by atomic mass is 10.2. The summed E-state index contributed by atoms with van der Waals surface area (Å²) >= 11 is 3.53. The maximum Gasteiger partial charge on any atom is 0.0271 e. The number of hydrogen-bond acceptors (Lipinski definition) is 1. The molecule has 1 rings (SSSR count). The highest BCUT2D eigenvalue weighted by Gasteiger charge is 2.06. The second-order valence-corrected chi connectivity index (χ2v) is 3.24. The Morgan fingerprint density at radius 1 is 1.57 bits per heavy atom. The van der Waals surface area contributed by atoms with Gasteiger partial charge in [0.2, 0.25) is 0 Å². The van der Waals surface area contributed by atoms with Crippen molar-refractivity contribution in [1.29, 1.82) is 0 Å². The molecule has 0 bridgehead atoms. The van der Waals surface area contributed by atoms with Gasteiger partial charge in [0.25, 0.3) is 0 Å². The van der Waals surface area contributed by atoms with Crippen LogP contribution in [-0.4, -0.2) is 17.9 Å². The minimum atomic E-state index is 0.737. The molecule has 0 radical (unpaired) electrons. The number of alkyl halides is 1. The maximum absolute atomic E-state index is 3.53. The molecule has 0 spiro atoms. The monoisotopic (exact) mass is 163 g/mol. The fourth-order valence-corrected chi connectivity index (χ4v) is 1.36. The van der Waals surface area contributed by atoms with E-state index < -0.39 is 0 Å². The van der Waals surface area contributed by atoms with E-state index >= 15 is 0 Å². The summed E-state index contributed by atoms with van der Waals surface area (Å²) in [4.78, 5) is 0.737. The van der Waals surface area contributed by atoms with Crippen LogP contribution in [-0.2, 0) is 0 Å². The zero-order valence-corrected chi connectivity index (χ0v) is 5.87. The van der Waals surface area contributed by atoms with Crippen LogP contribution >= 0.6 is 15.9 Å². The average molecular weight is 164 g/mol. The molecule has 0 saturated carbocycles. The molecular weight excluding hydrogens is 154 g/mol. The van der Waals surface area contributed by atoms with Crippen LogP contribution in [0.25, 0.3) is 0 Å². The predicted molar refractivity (Wildman–Crippen MR) is 34.8 cm³/mol. The fraction of sp³-hybridized carbons (Fsp3) is 1.00. The minimum Gasteiger partial charge on any atom is -0.316 e. The van der Waals surface area contributed by atoms with Crippen molar-refractivity contribution in [2.75, 3.05) is 13.1 Å². The van der Waals surface area contributed by atoms with Crippen LogP contribution in [0.4, 0.5) is 0 Å². The van der Waals surface area contributed by atoms with Gasteiger partial charge in [0.15, 0.2) is 0 Å². The summed E-state index contributed by atoms with van der Waals surface area (Å²) in [6.07, 6.45) is 2.67. The van der Waals surface area contributed by atoms with Crippen molar-refractivity contribution in [3.8, 4) is 0 Å². The third-order valence-corrected chi connectivity index (χ3v) is 2.02. The van der Waals surface area contributed by atoms with E-state index in [1.807, 2.05) is 0 Å². The van der Waals surface area contributed by atoms with Gasteiger partial charge >= 0.3 is 0 Å². The topological polar surface area (TPSA) is 12.0 Å². The van der Waals surface area contributed by atoms with Gasteiger partial charge < -0.3 is 5.32 Å². The number of nitrogens with one attached hydrogen (secondary N) is 1. The van der Waals surface area contributed by atoms with Gasteiger partial charge in [-0.05, 0) is 19.4 Å². The standard InChI is InChI=1S/C5H10BrN/c6-5-2-1-3-7-4-5/h5,7H,1-4H2/t5-/m1/s1. The highest BCUT2D eigenvalue weighted by atomic mass is 79.9. The van der Waals surface area contributed by atoms with E-state index in [0.29, 0.717) is 0 Å². The van der Waals surface area contributed by atoms with Crippen LogP contribution in [0.15, 0.2) is 0 Å². The number of piperidine rings is 1. The van der Waals surface area contributed by atoms with Gasteiger partial charge in [0.1, 0.15) is 0 Å². The van der Waals surface area contributed by atoms with E-state index in [2.05, 4.69) is 21.2 Å². The van der Waals surface area contributed by atoms with Crippen molar-refractivity contribution < 1.29 is 0 Å². The van der Waals surface area contributed by atoms with Gasteiger partial charge in [-0.3, -0.25) is 0 Å². The SMILES string of the molecule is Br[C@@H]1CCCNC1. The van der Waals surface area contributed by atoms with Gasteiger partial charge in [-0.15, -0.1) is 0 Å². The molecule has 1 fully saturated rings. The molecule has 0 aromatic carbocycles. The summed E-state index contributed by atoms with van der Waals surface area (Å²) in [5, 5.41) is 3.29. The zero-order valence-electron chi connectivity index (χ0n) is 4.28. The average Bonchev–Trinajstić information content (AvgIpc) is 1.69. The zero-order chi connectivity index (χ0) is 5.11. The third kappa shape index (κ3) is 1.78. The molecule has 1 nitrogen and oxygen atoms in total. The van der Waals surface area contributed by atoms with Crippen LogP contribution < -0.4 is 5.32 Å². The molecule has 0 aromatic rings. The molecule has 0 unspecified atom stereocenters. The fourth-order valence-electron chi connectivity index (χ4n) is 0.809. The smallest absolute Gasteiger partial charge is 0.0271 e. The van der Waals surface area contributed by atoms with E-state index in [9.17, 15) is 0 Å². The second-order valence-electron chi connectivity index (χ2n) is 1.94. The minimum absolute atomic E-state index is 0.737. The Hall–Kier alpha value is 0.440. The van der Waals surface area contributed by atoms with Crippen molar-refractivity contribution in [3.05, 3.63) is 0 Å². The molecule has 1 heterocycles. The first-order chi connectivity index (χ1) is 3.39. The normalized spacial score (nSPS) is 33.0. The van der Waals surface area contributed by atoms with E-state index in [1.54, 1.807) is 0 Å². The maximum atomic E-state index is 3.53. The van der Waals surface area contributed by atoms with E-state index in [-0.39, 0.29) is 0 Å². The van der Waals surface area contributed by atoms with Crippen molar-refractivity contribution in [2.24, 2.45) is 0 Å². The summed E-state index contributed by atoms with van der Waals surface area (Å²) in [6, 6.07) is 0. The molecule has 1 aliphatic rings. The molecule has 0 aromatic heterocycles. The molecule has 1 saturated heterocycles. The van der Waals surface area contributed by atoms with Gasteiger partial charge in [0, 0.05) is 11.4 Å². The van der Waals surface area contributed by atoms with Crippen molar-refractivity contribution in [1.82, 2.24) is 5.32 Å². The Kier molecular flexibility index (Phi) is 2.13. The lowest BCUT2D eigenvalue weighted by Crippen LogP contribution is -2.29. The Balaban J connectivity index is 2.12. The van der Waals surface area contributed by atoms with Crippen molar-refractivity contribution >= 4 is 15.9 Å². The summed E-state index contributed by atoms with van der Waals surface area (Å²) < 4.78 is 0. The largest absolute Gasteiger partial charge is 0.316 e. The van der Waals surface area contributed by atoms with E-state index in [0.717, 1.165) is 11.4 Å². The highest BCUT2D eigenvalue weighted by Crippen LogP contribution is 2.09. The van der Waals surface area contributed by atoms with Crippen LogP contribution in [0.3, 0.4) is 0 Å². The molecule has 0 amide bonds. The number of rotatable bonds is 0. The second kappa shape index (κ2) is 2.68. The van der Waals surface area contributed by atoms with Crippen LogP contribution in [0.2, 0.25) is 0 Å². The molecular formula is C5H10BrN. The van der Waals surface area contributed by atoms with Gasteiger partial charge in [0.05, 0.1) is 0 Å². The van der Waals surface area contributed by atoms with E-state index in [1.165, 1.54) is 19.4 Å². The molecule has 0 aliphatic carbocycles. The highest BCUT2D eigenvalue weighted by molar-refractivity contribution is 9.09. The molecule has 7 heavy (non-hydrogen) atoms. The van der Waals surface area contributed by atoms with Crippen molar-refractivity contribution in [3.63, 3.8) is 0 Å². The number of halogens is 1. The summed E-state index contributed by atoms with van der Waals surface area (Å²) in [7, 11) is 0. The molecule has 1 N–H and O–H groups in total. The molecule has 1 aliphatic heterocycles. The Labute approximate surface area is 52.6 Å². The van der Waals surface area contributed by atoms with Crippen LogP contribution in [0, 0.1) is 0 Å². The Bertz CT molecular complexity index is 50.0. The molecule has 1 atom stereocenters. The summed E-state index contributed by atoms with van der Waals surface area (Å²) in [6.45, 7) is 2.36. The first-order valence-corrected chi connectivity index (χ1v) is 3.66. The quantitative estimate of drug-likeness (QED) is 0.529. The number of hydrogen-bond donors (Lipinski definition) is 1. The van der Waals surface area contributed by atoms with Crippen molar-refractivity contribution in [2.45, 2.75) is 17.7 Å². The summed E-state index contributed by atoms with van der Waals surface area (Å²) in [5.74, 6) is 0. The Morgan fingerprint density at radius 3 is 2.71 bits per heavy atom. The van der Waals surface area contributed by atoms with Crippen LogP contribution in [0.1, 0.15) is 12.8 Å². The van der Waals surface area contributed by atoms with Gasteiger partial charge in [-0.1, -0.05) is 15.9 Å². The first-order valence-electron chi connectivity index (χ1n) is 2.74. The van der Waals surface area contributed by atoms with Gasteiger partial charge in [-0.25, -0.2) is 0 Å². The third-order valence-electron chi connectivity index (χ3n) is 1.24. The molecule has 2 heteroatoms. The molecule has 42 valence electrons. The lowest BCUT2D eigenvalue weighted by Gasteiger charge is -2.15. The summed E-state index contributed by atoms with van der Waals surface area (Å²) in [5.41, 5.74) is 0. The first kappa shape index (κ1) is 5.57. The lowest BCUT2D eigenvalue weighted by molar-refractivity contribution is 0.536. The van der Waals surface area contributed by atoms with E-state index in [4.69, 9.17) is 0 Å². The van der Waals surface area contributed by atoms with Gasteiger partial charge in [-0.2, -0.15) is 0 Å². The van der Waals surface area contributed by atoms with Crippen LogP contribution in [0.5, 0.6) is 0 Å².